The third kappa shape index (κ3) is 4.65. The molecule has 0 spiro atoms. The van der Waals surface area contributed by atoms with E-state index in [9.17, 15) is 24.4 Å². The maximum atomic E-state index is 13.4. The Hall–Kier alpha value is -2.26. The fourth-order valence-electron chi connectivity index (χ4n) is 1.67. The maximum absolute atomic E-state index is 13.4. The lowest BCUT2D eigenvalue weighted by Crippen LogP contribution is -2.19. The van der Waals surface area contributed by atoms with E-state index in [0.717, 1.165) is 6.07 Å². The number of rotatable bonds is 8. The van der Waals surface area contributed by atoms with Gasteiger partial charge in [0.05, 0.1) is 29.3 Å². The Balaban J connectivity index is 2.90. The van der Waals surface area contributed by atoms with E-state index in [-0.39, 0.29) is 25.3 Å². The first-order valence-corrected chi connectivity index (χ1v) is 5.99. The minimum absolute atomic E-state index is 0.105. The first-order chi connectivity index (χ1) is 9.86. The molecule has 0 aliphatic rings. The van der Waals surface area contributed by atoms with Crippen LogP contribution < -0.4 is 5.32 Å². The molecule has 0 heterocycles. The number of nitrogens with one attached hydrogen (secondary N) is 1. The molecule has 116 valence electrons. The average Bonchev–Trinajstić information content (AvgIpc) is 2.39. The summed E-state index contributed by atoms with van der Waals surface area (Å²) in [7, 11) is 1.42. The molecule has 0 radical (unpaired) electrons. The summed E-state index contributed by atoms with van der Waals surface area (Å²) in [4.78, 5) is 20.8. The Labute approximate surface area is 119 Å². The number of halogens is 1. The summed E-state index contributed by atoms with van der Waals surface area (Å²) >= 11 is 0. The fraction of sp³-hybridized carbons (Fsp3) is 0.417. The summed E-state index contributed by atoms with van der Waals surface area (Å²) in [5.41, 5.74) is -1.36. The van der Waals surface area contributed by atoms with Crippen LogP contribution in [0.5, 0.6) is 0 Å². The van der Waals surface area contributed by atoms with E-state index in [1.165, 1.54) is 7.11 Å². The molecular formula is C12H15FN2O6. The van der Waals surface area contributed by atoms with Gasteiger partial charge in [-0.25, -0.2) is 9.18 Å². The number of anilines is 1. The van der Waals surface area contributed by atoms with E-state index < -0.39 is 34.1 Å². The maximum Gasteiger partial charge on any atom is 0.338 e. The molecule has 1 unspecified atom stereocenters. The molecule has 9 heteroatoms. The van der Waals surface area contributed by atoms with E-state index in [4.69, 9.17) is 9.84 Å². The summed E-state index contributed by atoms with van der Waals surface area (Å²) in [5, 5.41) is 31.7. The van der Waals surface area contributed by atoms with Gasteiger partial charge in [-0.2, -0.15) is 0 Å². The van der Waals surface area contributed by atoms with Gasteiger partial charge in [0.2, 0.25) is 0 Å². The van der Waals surface area contributed by atoms with E-state index in [1.807, 2.05) is 0 Å². The van der Waals surface area contributed by atoms with Gasteiger partial charge in [0.1, 0.15) is 11.5 Å². The molecular weight excluding hydrogens is 287 g/mol. The van der Waals surface area contributed by atoms with Crippen molar-refractivity contribution < 1.29 is 29.1 Å². The van der Waals surface area contributed by atoms with Crippen molar-refractivity contribution in [2.24, 2.45) is 0 Å². The van der Waals surface area contributed by atoms with Gasteiger partial charge < -0.3 is 20.3 Å². The number of aliphatic hydroxyl groups excluding tert-OH is 1. The van der Waals surface area contributed by atoms with E-state index in [0.29, 0.717) is 6.07 Å². The normalized spacial score (nSPS) is 12.0. The van der Waals surface area contributed by atoms with E-state index in [1.54, 1.807) is 0 Å². The fourth-order valence-corrected chi connectivity index (χ4v) is 1.67. The first-order valence-electron chi connectivity index (χ1n) is 5.99. The SMILES string of the molecule is COCC(O)CCNc1cc(C(=O)O)c(F)cc1[N+](=O)[O-]. The van der Waals surface area contributed by atoms with E-state index >= 15 is 0 Å². The minimum Gasteiger partial charge on any atom is -0.478 e. The van der Waals surface area contributed by atoms with Crippen molar-refractivity contribution in [1.82, 2.24) is 0 Å². The molecule has 0 fully saturated rings. The monoisotopic (exact) mass is 302 g/mol. The van der Waals surface area contributed by atoms with Crippen molar-refractivity contribution in [3.63, 3.8) is 0 Å². The van der Waals surface area contributed by atoms with Crippen LogP contribution in [-0.4, -0.2) is 47.5 Å². The van der Waals surface area contributed by atoms with Crippen molar-refractivity contribution >= 4 is 17.3 Å². The number of hydrogen-bond donors (Lipinski definition) is 3. The molecule has 1 rings (SSSR count). The Morgan fingerprint density at radius 1 is 1.57 bits per heavy atom. The molecule has 21 heavy (non-hydrogen) atoms. The Morgan fingerprint density at radius 3 is 2.76 bits per heavy atom. The molecule has 1 atom stereocenters. The third-order valence-electron chi connectivity index (χ3n) is 2.66. The lowest BCUT2D eigenvalue weighted by Gasteiger charge is -2.12. The number of carboxylic acids is 1. The van der Waals surface area contributed by atoms with Gasteiger partial charge >= 0.3 is 5.97 Å². The van der Waals surface area contributed by atoms with Gasteiger partial charge in [-0.1, -0.05) is 0 Å². The number of ether oxygens (including phenoxy) is 1. The first kappa shape index (κ1) is 16.8. The number of nitrogens with zero attached hydrogens (tertiary/aromatic N) is 1. The number of nitro benzene ring substituents is 1. The summed E-state index contributed by atoms with van der Waals surface area (Å²) in [5.74, 6) is -2.70. The Morgan fingerprint density at radius 2 is 2.24 bits per heavy atom. The van der Waals surface area contributed by atoms with Gasteiger partial charge in [-0.15, -0.1) is 0 Å². The predicted molar refractivity (Wildman–Crippen MR) is 71.0 cm³/mol. The van der Waals surface area contributed by atoms with Crippen LogP contribution in [-0.2, 0) is 4.74 Å². The van der Waals surface area contributed by atoms with Crippen molar-refractivity contribution in [2.45, 2.75) is 12.5 Å². The molecule has 0 aliphatic heterocycles. The van der Waals surface area contributed by atoms with Crippen LogP contribution in [0.1, 0.15) is 16.8 Å². The summed E-state index contributed by atoms with van der Waals surface area (Å²) < 4.78 is 18.1. The molecule has 0 aliphatic carbocycles. The molecule has 0 amide bonds. The van der Waals surface area contributed by atoms with Crippen molar-refractivity contribution in [2.75, 3.05) is 25.6 Å². The molecule has 1 aromatic rings. The quantitative estimate of drug-likeness (QED) is 0.487. The zero-order valence-electron chi connectivity index (χ0n) is 11.2. The number of nitro groups is 1. The largest absolute Gasteiger partial charge is 0.478 e. The number of aliphatic hydroxyl groups is 1. The topological polar surface area (TPSA) is 122 Å². The number of carboxylic acid groups (broad SMARTS) is 1. The van der Waals surface area contributed by atoms with Crippen LogP contribution in [0.2, 0.25) is 0 Å². The highest BCUT2D eigenvalue weighted by atomic mass is 19.1. The third-order valence-corrected chi connectivity index (χ3v) is 2.66. The van der Waals surface area contributed by atoms with Crippen molar-refractivity contribution in [1.29, 1.82) is 0 Å². The van der Waals surface area contributed by atoms with E-state index in [2.05, 4.69) is 5.32 Å². The second-order valence-electron chi connectivity index (χ2n) is 4.24. The van der Waals surface area contributed by atoms with Gasteiger partial charge in [0.15, 0.2) is 0 Å². The van der Waals surface area contributed by atoms with Crippen LogP contribution in [0.25, 0.3) is 0 Å². The summed E-state index contributed by atoms with van der Waals surface area (Å²) in [6.07, 6.45) is -0.536. The highest BCUT2D eigenvalue weighted by Gasteiger charge is 2.21. The molecule has 1 aromatic carbocycles. The number of aromatic carboxylic acids is 1. The highest BCUT2D eigenvalue weighted by Crippen LogP contribution is 2.28. The molecule has 8 nitrogen and oxygen atoms in total. The molecule has 0 bridgehead atoms. The molecule has 0 saturated carbocycles. The summed E-state index contributed by atoms with van der Waals surface area (Å²) in [6, 6.07) is 1.41. The van der Waals surface area contributed by atoms with Crippen LogP contribution in [0.4, 0.5) is 15.8 Å². The summed E-state index contributed by atoms with van der Waals surface area (Å²) in [6.45, 7) is 0.240. The van der Waals surface area contributed by atoms with Crippen LogP contribution in [0, 0.1) is 15.9 Å². The van der Waals surface area contributed by atoms with Crippen LogP contribution in [0.15, 0.2) is 12.1 Å². The van der Waals surface area contributed by atoms with Crippen LogP contribution in [0.3, 0.4) is 0 Å². The average molecular weight is 302 g/mol. The molecule has 0 saturated heterocycles. The standard InChI is InChI=1S/C12H15FN2O6/c1-21-6-7(16)2-3-14-10-4-8(12(17)18)9(13)5-11(10)15(19)20/h4-5,7,14,16H,2-3,6H2,1H3,(H,17,18). The van der Waals surface area contributed by atoms with Gasteiger partial charge in [-0.3, -0.25) is 10.1 Å². The minimum atomic E-state index is -1.52. The Kier molecular flexibility index (Phi) is 6.00. The zero-order chi connectivity index (χ0) is 16.0. The van der Waals surface area contributed by atoms with Gasteiger partial charge in [0.25, 0.3) is 5.69 Å². The lowest BCUT2D eigenvalue weighted by molar-refractivity contribution is -0.384. The smallest absolute Gasteiger partial charge is 0.338 e. The van der Waals surface area contributed by atoms with Crippen molar-refractivity contribution in [3.8, 4) is 0 Å². The van der Waals surface area contributed by atoms with Gasteiger partial charge in [0, 0.05) is 13.7 Å². The number of methoxy groups -OCH3 is 1. The molecule has 3 N–H and O–H groups in total. The predicted octanol–water partition coefficient (Wildman–Crippen LogP) is 1.24. The second-order valence-corrected chi connectivity index (χ2v) is 4.24. The lowest BCUT2D eigenvalue weighted by atomic mass is 10.1. The highest BCUT2D eigenvalue weighted by molar-refractivity contribution is 5.90. The van der Waals surface area contributed by atoms with Crippen LogP contribution >= 0.6 is 0 Å². The number of carbonyl (C=O) groups is 1. The number of hydrogen-bond acceptors (Lipinski definition) is 6. The van der Waals surface area contributed by atoms with Gasteiger partial charge in [-0.05, 0) is 12.5 Å². The number of benzene rings is 1. The zero-order valence-corrected chi connectivity index (χ0v) is 11.2. The second kappa shape index (κ2) is 7.50. The molecule has 0 aromatic heterocycles. The van der Waals surface area contributed by atoms with Crippen molar-refractivity contribution in [3.05, 3.63) is 33.6 Å². The Bertz CT molecular complexity index is 537.